The minimum Gasteiger partial charge on any atom is -0.379 e. The van der Waals surface area contributed by atoms with Crippen LogP contribution in [-0.2, 0) is 32.5 Å². The predicted molar refractivity (Wildman–Crippen MR) is 99.2 cm³/mol. The van der Waals surface area contributed by atoms with Gasteiger partial charge in [-0.1, -0.05) is 24.3 Å². The average molecular weight is 381 g/mol. The van der Waals surface area contributed by atoms with Crippen LogP contribution in [0.15, 0.2) is 24.3 Å². The van der Waals surface area contributed by atoms with Gasteiger partial charge >= 0.3 is 0 Å². The van der Waals surface area contributed by atoms with Gasteiger partial charge in [0.2, 0.25) is 15.9 Å². The minimum atomic E-state index is -3.42. The zero-order valence-electron chi connectivity index (χ0n) is 15.0. The van der Waals surface area contributed by atoms with Crippen molar-refractivity contribution in [2.45, 2.75) is 19.4 Å². The van der Waals surface area contributed by atoms with E-state index < -0.39 is 10.0 Å². The third-order valence-corrected chi connectivity index (χ3v) is 6.75. The van der Waals surface area contributed by atoms with E-state index in [2.05, 4.69) is 10.2 Å². The number of carbonyl (C=O) groups is 1. The van der Waals surface area contributed by atoms with E-state index >= 15 is 0 Å². The summed E-state index contributed by atoms with van der Waals surface area (Å²) in [7, 11) is -3.42. The summed E-state index contributed by atoms with van der Waals surface area (Å²) in [5, 5.41) is 2.82. The topological polar surface area (TPSA) is 79.0 Å². The molecule has 1 N–H and O–H groups in total. The molecule has 0 unspecified atom stereocenters. The number of hydrogen-bond donors (Lipinski definition) is 1. The zero-order valence-corrected chi connectivity index (χ0v) is 15.8. The van der Waals surface area contributed by atoms with Crippen molar-refractivity contribution < 1.29 is 17.9 Å². The highest BCUT2D eigenvalue weighted by atomic mass is 32.2. The molecule has 1 aromatic rings. The molecule has 26 heavy (non-hydrogen) atoms. The fraction of sp³-hybridized carbons (Fsp3) is 0.611. The number of ether oxygens (including phenoxy) is 1. The van der Waals surface area contributed by atoms with E-state index in [1.54, 1.807) is 0 Å². The Hall–Kier alpha value is -1.48. The van der Waals surface area contributed by atoms with Crippen LogP contribution < -0.4 is 5.32 Å². The Balaban J connectivity index is 1.41. The first-order chi connectivity index (χ1) is 12.5. The molecule has 0 aliphatic carbocycles. The molecule has 0 spiro atoms. The molecular weight excluding hydrogens is 354 g/mol. The summed E-state index contributed by atoms with van der Waals surface area (Å²) in [6, 6.07) is 7.91. The molecule has 144 valence electrons. The number of rotatable bonds is 7. The summed E-state index contributed by atoms with van der Waals surface area (Å²) < 4.78 is 31.9. The summed E-state index contributed by atoms with van der Waals surface area (Å²) in [4.78, 5) is 14.2. The van der Waals surface area contributed by atoms with Crippen LogP contribution in [0.4, 0.5) is 0 Å². The largest absolute Gasteiger partial charge is 0.379 e. The van der Waals surface area contributed by atoms with Gasteiger partial charge < -0.3 is 10.1 Å². The van der Waals surface area contributed by atoms with Crippen molar-refractivity contribution in [3.8, 4) is 0 Å². The number of benzene rings is 1. The third-order valence-electron chi connectivity index (χ3n) is 4.93. The molecule has 0 saturated carbocycles. The SMILES string of the molecule is O=C(CCS(=O)(=O)N1CCc2ccccc2C1)NCCN1CCOCC1. The summed E-state index contributed by atoms with van der Waals surface area (Å²) in [6.07, 6.45) is 0.727. The molecule has 0 atom stereocenters. The Labute approximate surface area is 155 Å². The summed E-state index contributed by atoms with van der Waals surface area (Å²) in [5.41, 5.74) is 2.26. The number of carbonyl (C=O) groups excluding carboxylic acids is 1. The van der Waals surface area contributed by atoms with Gasteiger partial charge in [0, 0.05) is 45.7 Å². The summed E-state index contributed by atoms with van der Waals surface area (Å²) >= 11 is 0. The van der Waals surface area contributed by atoms with E-state index in [0.29, 0.717) is 19.6 Å². The third kappa shape index (κ3) is 5.26. The van der Waals surface area contributed by atoms with Gasteiger partial charge in [-0.25, -0.2) is 8.42 Å². The van der Waals surface area contributed by atoms with Crippen LogP contribution in [0.3, 0.4) is 0 Å². The van der Waals surface area contributed by atoms with E-state index in [-0.39, 0.29) is 18.1 Å². The number of morpholine rings is 1. The van der Waals surface area contributed by atoms with Crippen LogP contribution in [0, 0.1) is 0 Å². The monoisotopic (exact) mass is 381 g/mol. The van der Waals surface area contributed by atoms with Crippen LogP contribution in [0.2, 0.25) is 0 Å². The number of hydrogen-bond acceptors (Lipinski definition) is 5. The summed E-state index contributed by atoms with van der Waals surface area (Å²) in [6.45, 7) is 5.40. The van der Waals surface area contributed by atoms with Gasteiger partial charge in [-0.2, -0.15) is 4.31 Å². The number of fused-ring (bicyclic) bond motifs is 1. The van der Waals surface area contributed by atoms with Gasteiger partial charge in [0.05, 0.1) is 19.0 Å². The van der Waals surface area contributed by atoms with Crippen molar-refractivity contribution in [1.82, 2.24) is 14.5 Å². The molecule has 1 aromatic carbocycles. The molecule has 0 aromatic heterocycles. The molecular formula is C18H27N3O4S. The van der Waals surface area contributed by atoms with E-state index in [4.69, 9.17) is 4.74 Å². The van der Waals surface area contributed by atoms with Gasteiger partial charge in [0.1, 0.15) is 0 Å². The number of sulfonamides is 1. The fourth-order valence-corrected chi connectivity index (χ4v) is 4.73. The van der Waals surface area contributed by atoms with E-state index in [1.165, 1.54) is 9.87 Å². The minimum absolute atomic E-state index is 0.00356. The molecule has 2 aliphatic heterocycles. The van der Waals surface area contributed by atoms with Gasteiger partial charge in [-0.05, 0) is 17.5 Å². The first kappa shape index (κ1) is 19.3. The Bertz CT molecular complexity index is 717. The van der Waals surface area contributed by atoms with Gasteiger partial charge in [-0.3, -0.25) is 9.69 Å². The maximum Gasteiger partial charge on any atom is 0.221 e. The molecule has 1 saturated heterocycles. The normalized spacial score (nSPS) is 19.1. The fourth-order valence-electron chi connectivity index (χ4n) is 3.32. The Kier molecular flexibility index (Phi) is 6.63. The second-order valence-electron chi connectivity index (χ2n) is 6.72. The van der Waals surface area contributed by atoms with Gasteiger partial charge in [0.15, 0.2) is 0 Å². The van der Waals surface area contributed by atoms with Crippen molar-refractivity contribution in [1.29, 1.82) is 0 Å². The Morgan fingerprint density at radius 2 is 1.85 bits per heavy atom. The van der Waals surface area contributed by atoms with E-state index in [1.807, 2.05) is 24.3 Å². The van der Waals surface area contributed by atoms with Crippen molar-refractivity contribution >= 4 is 15.9 Å². The van der Waals surface area contributed by atoms with Gasteiger partial charge in [-0.15, -0.1) is 0 Å². The van der Waals surface area contributed by atoms with Crippen molar-refractivity contribution in [2.24, 2.45) is 0 Å². The highest BCUT2D eigenvalue weighted by Crippen LogP contribution is 2.21. The lowest BCUT2D eigenvalue weighted by Gasteiger charge is -2.28. The van der Waals surface area contributed by atoms with Crippen LogP contribution in [0.25, 0.3) is 0 Å². The molecule has 0 radical (unpaired) electrons. The Morgan fingerprint density at radius 1 is 1.12 bits per heavy atom. The molecule has 2 aliphatic rings. The van der Waals surface area contributed by atoms with Crippen molar-refractivity contribution in [2.75, 3.05) is 51.7 Å². The Morgan fingerprint density at radius 3 is 2.62 bits per heavy atom. The lowest BCUT2D eigenvalue weighted by molar-refractivity contribution is -0.120. The van der Waals surface area contributed by atoms with Crippen molar-refractivity contribution in [3.05, 3.63) is 35.4 Å². The quantitative estimate of drug-likeness (QED) is 0.731. The molecule has 1 amide bonds. The highest BCUT2D eigenvalue weighted by Gasteiger charge is 2.26. The summed E-state index contributed by atoms with van der Waals surface area (Å²) in [5.74, 6) is -0.349. The van der Waals surface area contributed by atoms with Crippen LogP contribution in [0.1, 0.15) is 17.5 Å². The van der Waals surface area contributed by atoms with Crippen molar-refractivity contribution in [3.63, 3.8) is 0 Å². The second kappa shape index (κ2) is 8.94. The molecule has 2 heterocycles. The lowest BCUT2D eigenvalue weighted by Crippen LogP contribution is -2.42. The highest BCUT2D eigenvalue weighted by molar-refractivity contribution is 7.89. The maximum absolute atomic E-state index is 12.5. The second-order valence-corrected chi connectivity index (χ2v) is 8.81. The van der Waals surface area contributed by atoms with Crippen LogP contribution in [0.5, 0.6) is 0 Å². The van der Waals surface area contributed by atoms with Crippen LogP contribution in [-0.4, -0.2) is 75.2 Å². The number of nitrogens with one attached hydrogen (secondary N) is 1. The average Bonchev–Trinajstić information content (AvgIpc) is 2.67. The van der Waals surface area contributed by atoms with E-state index in [9.17, 15) is 13.2 Å². The molecule has 7 nitrogen and oxygen atoms in total. The smallest absolute Gasteiger partial charge is 0.221 e. The number of nitrogens with zero attached hydrogens (tertiary/aromatic N) is 2. The predicted octanol–water partition coefficient (Wildman–Crippen LogP) is 0.213. The maximum atomic E-state index is 12.5. The zero-order chi connectivity index (χ0) is 18.4. The molecule has 1 fully saturated rings. The lowest BCUT2D eigenvalue weighted by atomic mass is 10.0. The standard InChI is InChI=1S/C18H27N3O4S/c22-18(19-7-9-20-10-12-25-13-11-20)6-14-26(23,24)21-8-5-16-3-1-2-4-17(16)15-21/h1-4H,5-15H2,(H,19,22). The number of amides is 1. The first-order valence-corrected chi connectivity index (χ1v) is 10.8. The molecule has 3 rings (SSSR count). The van der Waals surface area contributed by atoms with Crippen LogP contribution >= 0.6 is 0 Å². The van der Waals surface area contributed by atoms with Gasteiger partial charge in [0.25, 0.3) is 0 Å². The molecule has 8 heteroatoms. The first-order valence-electron chi connectivity index (χ1n) is 9.16. The van der Waals surface area contributed by atoms with E-state index in [0.717, 1.165) is 44.8 Å². The molecule has 0 bridgehead atoms.